The predicted molar refractivity (Wildman–Crippen MR) is 75.0 cm³/mol. The van der Waals surface area contributed by atoms with Gasteiger partial charge in [0.2, 0.25) is 0 Å². The van der Waals surface area contributed by atoms with E-state index in [9.17, 15) is 9.90 Å². The molecule has 0 aliphatic heterocycles. The average Bonchev–Trinajstić information content (AvgIpc) is 2.71. The second kappa shape index (κ2) is 6.70. The maximum absolute atomic E-state index is 12.4. The first-order valence-electron chi connectivity index (χ1n) is 6.84. The van der Waals surface area contributed by atoms with Crippen molar-refractivity contribution in [3.8, 4) is 0 Å². The summed E-state index contributed by atoms with van der Waals surface area (Å²) in [6, 6.07) is 1.84. The average molecular weight is 267 g/mol. The third-order valence-corrected chi connectivity index (χ3v) is 2.82. The maximum atomic E-state index is 12.4. The van der Waals surface area contributed by atoms with Crippen LogP contribution in [0, 0.1) is 5.92 Å². The summed E-state index contributed by atoms with van der Waals surface area (Å²) in [5.74, 6) is 0.379. The molecule has 1 aromatic heterocycles. The van der Waals surface area contributed by atoms with Gasteiger partial charge < -0.3 is 10.0 Å². The van der Waals surface area contributed by atoms with E-state index in [0.717, 1.165) is 12.1 Å². The molecule has 1 rings (SSSR count). The number of nitrogens with zero attached hydrogens (tertiary/aromatic N) is 2. The van der Waals surface area contributed by atoms with Crippen LogP contribution in [-0.4, -0.2) is 44.8 Å². The fourth-order valence-corrected chi connectivity index (χ4v) is 1.98. The zero-order valence-corrected chi connectivity index (χ0v) is 12.5. The molecule has 1 heterocycles. The lowest BCUT2D eigenvalue weighted by atomic mass is 10.1. The van der Waals surface area contributed by atoms with Crippen molar-refractivity contribution >= 4 is 5.91 Å². The summed E-state index contributed by atoms with van der Waals surface area (Å²) in [4.78, 5) is 14.0. The van der Waals surface area contributed by atoms with Crippen LogP contribution in [0.25, 0.3) is 0 Å². The Kier molecular flexibility index (Phi) is 5.54. The molecule has 19 heavy (non-hydrogen) atoms. The van der Waals surface area contributed by atoms with Gasteiger partial charge in [0.25, 0.3) is 5.91 Å². The van der Waals surface area contributed by atoms with Gasteiger partial charge in [-0.15, -0.1) is 0 Å². The summed E-state index contributed by atoms with van der Waals surface area (Å²) in [7, 11) is 0. The molecule has 0 aliphatic rings. The van der Waals surface area contributed by atoms with Gasteiger partial charge in [0.1, 0.15) is 5.69 Å². The molecule has 0 spiro atoms. The first kappa shape index (κ1) is 15.7. The molecule has 0 radical (unpaired) electrons. The molecule has 1 amide bonds. The zero-order chi connectivity index (χ0) is 14.6. The standard InChI is InChI=1S/C14H25N3O2/c1-9(2)6-12-7-13(16-15-12)14(19)17(10(3)4)8-11(5)18/h7,9-11,18H,6,8H2,1-5H3,(H,15,16). The summed E-state index contributed by atoms with van der Waals surface area (Å²) < 4.78 is 0. The lowest BCUT2D eigenvalue weighted by molar-refractivity contribution is 0.0573. The number of amides is 1. The number of H-pyrrole nitrogens is 1. The number of aromatic nitrogens is 2. The molecular formula is C14H25N3O2. The first-order valence-corrected chi connectivity index (χ1v) is 6.84. The second-order valence-electron chi connectivity index (χ2n) is 5.78. The molecule has 0 aliphatic carbocycles. The number of nitrogens with one attached hydrogen (secondary N) is 1. The number of rotatable bonds is 6. The summed E-state index contributed by atoms with van der Waals surface area (Å²) in [5.41, 5.74) is 1.39. The van der Waals surface area contributed by atoms with Crippen LogP contribution in [0.4, 0.5) is 0 Å². The monoisotopic (exact) mass is 267 g/mol. The van der Waals surface area contributed by atoms with Crippen LogP contribution in [0.3, 0.4) is 0 Å². The summed E-state index contributed by atoms with van der Waals surface area (Å²) in [6.07, 6.45) is 0.332. The van der Waals surface area contributed by atoms with Gasteiger partial charge in [0.05, 0.1) is 6.10 Å². The number of carbonyl (C=O) groups excluding carboxylic acids is 1. The van der Waals surface area contributed by atoms with E-state index in [0.29, 0.717) is 18.2 Å². The van der Waals surface area contributed by atoms with E-state index in [1.807, 2.05) is 13.8 Å². The van der Waals surface area contributed by atoms with Crippen molar-refractivity contribution in [1.29, 1.82) is 0 Å². The Morgan fingerprint density at radius 2 is 2.00 bits per heavy atom. The molecule has 5 nitrogen and oxygen atoms in total. The molecular weight excluding hydrogens is 242 g/mol. The highest BCUT2D eigenvalue weighted by Crippen LogP contribution is 2.11. The molecule has 0 fully saturated rings. The molecule has 0 bridgehead atoms. The summed E-state index contributed by atoms with van der Waals surface area (Å²) >= 11 is 0. The zero-order valence-electron chi connectivity index (χ0n) is 12.5. The van der Waals surface area contributed by atoms with Gasteiger partial charge in [-0.2, -0.15) is 5.10 Å². The van der Waals surface area contributed by atoms with Crippen molar-refractivity contribution in [2.75, 3.05) is 6.54 Å². The first-order chi connectivity index (χ1) is 8.81. The molecule has 108 valence electrons. The molecule has 5 heteroatoms. The van der Waals surface area contributed by atoms with Gasteiger partial charge in [-0.3, -0.25) is 9.89 Å². The summed E-state index contributed by atoms with van der Waals surface area (Å²) in [5, 5.41) is 16.5. The van der Waals surface area contributed by atoms with Gasteiger partial charge in [-0.25, -0.2) is 0 Å². The van der Waals surface area contributed by atoms with Crippen LogP contribution in [0.5, 0.6) is 0 Å². The Bertz CT molecular complexity index is 411. The van der Waals surface area contributed by atoms with E-state index in [2.05, 4.69) is 24.0 Å². The van der Waals surface area contributed by atoms with Crippen molar-refractivity contribution in [2.45, 2.75) is 53.2 Å². The topological polar surface area (TPSA) is 69.2 Å². The molecule has 2 N–H and O–H groups in total. The molecule has 0 saturated carbocycles. The van der Waals surface area contributed by atoms with Crippen LogP contribution in [0.15, 0.2) is 6.07 Å². The predicted octanol–water partition coefficient (Wildman–Crippen LogP) is 1.84. The highest BCUT2D eigenvalue weighted by atomic mass is 16.3. The lowest BCUT2D eigenvalue weighted by Crippen LogP contribution is -2.41. The fourth-order valence-electron chi connectivity index (χ4n) is 1.98. The SMILES string of the molecule is CC(C)Cc1cc(C(=O)N(CC(C)O)C(C)C)n[nH]1. The van der Waals surface area contributed by atoms with E-state index in [1.54, 1.807) is 17.9 Å². The van der Waals surface area contributed by atoms with Crippen molar-refractivity contribution in [1.82, 2.24) is 15.1 Å². The minimum Gasteiger partial charge on any atom is -0.392 e. The minimum absolute atomic E-state index is 0.0346. The summed E-state index contributed by atoms with van der Waals surface area (Å²) in [6.45, 7) is 10.1. The van der Waals surface area contributed by atoms with Crippen LogP contribution in [-0.2, 0) is 6.42 Å². The van der Waals surface area contributed by atoms with Crippen molar-refractivity contribution in [2.24, 2.45) is 5.92 Å². The van der Waals surface area contributed by atoms with E-state index in [4.69, 9.17) is 0 Å². The normalized spacial score (nSPS) is 13.1. The van der Waals surface area contributed by atoms with Crippen molar-refractivity contribution in [3.63, 3.8) is 0 Å². The van der Waals surface area contributed by atoms with E-state index in [-0.39, 0.29) is 11.9 Å². The minimum atomic E-state index is -0.541. The number of aliphatic hydroxyl groups is 1. The van der Waals surface area contributed by atoms with Crippen LogP contribution >= 0.6 is 0 Å². The van der Waals surface area contributed by atoms with Gasteiger partial charge in [-0.05, 0) is 39.2 Å². The van der Waals surface area contributed by atoms with Crippen molar-refractivity contribution < 1.29 is 9.90 Å². The van der Waals surface area contributed by atoms with Gasteiger partial charge in [-0.1, -0.05) is 13.8 Å². The Balaban J connectivity index is 2.81. The van der Waals surface area contributed by atoms with E-state index >= 15 is 0 Å². The molecule has 1 unspecified atom stereocenters. The third kappa shape index (κ3) is 4.67. The molecule has 0 saturated heterocycles. The molecule has 1 aromatic rings. The lowest BCUT2D eigenvalue weighted by Gasteiger charge is -2.27. The Morgan fingerprint density at radius 1 is 1.37 bits per heavy atom. The highest BCUT2D eigenvalue weighted by Gasteiger charge is 2.22. The second-order valence-corrected chi connectivity index (χ2v) is 5.78. The number of carbonyl (C=O) groups is 1. The smallest absolute Gasteiger partial charge is 0.274 e. The molecule has 0 aromatic carbocycles. The van der Waals surface area contributed by atoms with Gasteiger partial charge >= 0.3 is 0 Å². The van der Waals surface area contributed by atoms with Crippen LogP contribution in [0.1, 0.15) is 50.8 Å². The number of aliphatic hydroxyl groups excluding tert-OH is 1. The number of aromatic amines is 1. The largest absolute Gasteiger partial charge is 0.392 e. The third-order valence-electron chi connectivity index (χ3n) is 2.82. The Morgan fingerprint density at radius 3 is 2.47 bits per heavy atom. The van der Waals surface area contributed by atoms with Crippen LogP contribution < -0.4 is 0 Å². The Labute approximate surface area is 115 Å². The fraction of sp³-hybridized carbons (Fsp3) is 0.714. The molecule has 1 atom stereocenters. The van der Waals surface area contributed by atoms with Crippen LogP contribution in [0.2, 0.25) is 0 Å². The maximum Gasteiger partial charge on any atom is 0.274 e. The Hall–Kier alpha value is -1.36. The van der Waals surface area contributed by atoms with E-state index in [1.165, 1.54) is 0 Å². The highest BCUT2D eigenvalue weighted by molar-refractivity contribution is 5.92. The number of hydrogen-bond donors (Lipinski definition) is 2. The van der Waals surface area contributed by atoms with Gasteiger partial charge in [0.15, 0.2) is 0 Å². The quantitative estimate of drug-likeness (QED) is 0.826. The van der Waals surface area contributed by atoms with Gasteiger partial charge in [0, 0.05) is 18.3 Å². The van der Waals surface area contributed by atoms with E-state index < -0.39 is 6.10 Å². The van der Waals surface area contributed by atoms with Crippen molar-refractivity contribution in [3.05, 3.63) is 17.5 Å². The number of hydrogen-bond acceptors (Lipinski definition) is 3.